The molecule has 1 radical (unpaired) electrons. The Morgan fingerprint density at radius 1 is 0.750 bits per heavy atom. The summed E-state index contributed by atoms with van der Waals surface area (Å²) >= 11 is 0. The van der Waals surface area contributed by atoms with Gasteiger partial charge in [-0.2, -0.15) is 0 Å². The van der Waals surface area contributed by atoms with Crippen molar-refractivity contribution in [2.24, 2.45) is 0 Å². The van der Waals surface area contributed by atoms with E-state index in [2.05, 4.69) is 62.5 Å². The van der Waals surface area contributed by atoms with Gasteiger partial charge in [-0.15, -0.1) is 0 Å². The van der Waals surface area contributed by atoms with E-state index in [-0.39, 0.29) is 0 Å². The first-order valence-corrected chi connectivity index (χ1v) is 6.36. The van der Waals surface area contributed by atoms with Crippen molar-refractivity contribution in [3.8, 4) is 0 Å². The summed E-state index contributed by atoms with van der Waals surface area (Å²) in [5, 5.41) is 0. The van der Waals surface area contributed by atoms with Gasteiger partial charge < -0.3 is 0 Å². The van der Waals surface area contributed by atoms with Crippen LogP contribution in [0.1, 0.15) is 45.4 Å². The smallest absolute Gasteiger partial charge is 0.0348 e. The van der Waals surface area contributed by atoms with Crippen LogP contribution < -0.4 is 0 Å². The molecule has 0 heteroatoms. The van der Waals surface area contributed by atoms with Crippen LogP contribution in [0.4, 0.5) is 0 Å². The Hall–Kier alpha value is -1.04. The van der Waals surface area contributed by atoms with E-state index in [1.165, 1.54) is 25.7 Å². The van der Waals surface area contributed by atoms with Gasteiger partial charge in [0.25, 0.3) is 0 Å². The molecule has 0 aromatic heterocycles. The lowest BCUT2D eigenvalue weighted by molar-refractivity contribution is 0.729. The molecule has 0 aliphatic rings. The zero-order valence-electron chi connectivity index (χ0n) is 10.6. The molecule has 0 heterocycles. The van der Waals surface area contributed by atoms with E-state index in [1.54, 1.807) is 0 Å². The van der Waals surface area contributed by atoms with Gasteiger partial charge in [-0.25, -0.2) is 0 Å². The molecule has 0 aromatic rings. The highest BCUT2D eigenvalue weighted by atomic mass is 13.9. The highest BCUT2D eigenvalue weighted by Crippen LogP contribution is 1.99. The van der Waals surface area contributed by atoms with E-state index in [1.807, 2.05) is 0 Å². The van der Waals surface area contributed by atoms with Crippen molar-refractivity contribution in [3.05, 3.63) is 55.5 Å². The van der Waals surface area contributed by atoms with Crippen molar-refractivity contribution in [1.29, 1.82) is 0 Å². The molecule has 89 valence electrons. The van der Waals surface area contributed by atoms with Crippen molar-refractivity contribution in [2.45, 2.75) is 45.4 Å². The lowest BCUT2D eigenvalue weighted by Crippen LogP contribution is -1.69. The number of allylic oxidation sites excluding steroid dienone is 8. The summed E-state index contributed by atoms with van der Waals surface area (Å²) in [5.74, 6) is 0. The van der Waals surface area contributed by atoms with Crippen molar-refractivity contribution in [1.82, 2.24) is 0 Å². The Labute approximate surface area is 101 Å². The van der Waals surface area contributed by atoms with Crippen LogP contribution in [-0.4, -0.2) is 0 Å². The minimum atomic E-state index is 0.973. The fourth-order valence-corrected chi connectivity index (χ4v) is 1.24. The standard InChI is InChI=1S/C16H25/c1-3-5-7-9-11-13-15-16-14-12-10-8-6-4-2/h7,9,11-16H,1,3-6,8,10H2,2H3/b9-7+,13-11+,14-12+,16-15+. The minimum Gasteiger partial charge on any atom is -0.0845 e. The van der Waals surface area contributed by atoms with Gasteiger partial charge in [0, 0.05) is 0 Å². The second-order valence-corrected chi connectivity index (χ2v) is 3.76. The zero-order valence-corrected chi connectivity index (χ0v) is 10.6. The van der Waals surface area contributed by atoms with Crippen LogP contribution >= 0.6 is 0 Å². The zero-order chi connectivity index (χ0) is 11.9. The molecule has 0 saturated carbocycles. The molecule has 0 saturated heterocycles. The monoisotopic (exact) mass is 217 g/mol. The highest BCUT2D eigenvalue weighted by molar-refractivity contribution is 5.15. The number of unbranched alkanes of at least 4 members (excludes halogenated alkanes) is 4. The molecule has 0 fully saturated rings. The summed E-state index contributed by atoms with van der Waals surface area (Å²) in [6.07, 6.45) is 24.0. The van der Waals surface area contributed by atoms with Crippen LogP contribution in [0.5, 0.6) is 0 Å². The lowest BCUT2D eigenvalue weighted by atomic mass is 10.2. The molecule has 0 rings (SSSR count). The Balaban J connectivity index is 3.45. The second kappa shape index (κ2) is 14.0. The fourth-order valence-electron chi connectivity index (χ4n) is 1.24. The molecule has 0 aromatic carbocycles. The van der Waals surface area contributed by atoms with Crippen LogP contribution in [-0.2, 0) is 0 Å². The predicted molar refractivity (Wildman–Crippen MR) is 75.3 cm³/mol. The molecule has 0 aliphatic carbocycles. The maximum absolute atomic E-state index is 3.78. The van der Waals surface area contributed by atoms with E-state index in [0.29, 0.717) is 0 Å². The Bertz CT molecular complexity index is 228. The molecular weight excluding hydrogens is 192 g/mol. The summed E-state index contributed by atoms with van der Waals surface area (Å²) in [6, 6.07) is 0. The van der Waals surface area contributed by atoms with Gasteiger partial charge in [-0.05, 0) is 25.7 Å². The van der Waals surface area contributed by atoms with Crippen LogP contribution in [0.2, 0.25) is 0 Å². The third-order valence-electron chi connectivity index (χ3n) is 2.17. The lowest BCUT2D eigenvalue weighted by Gasteiger charge is -1.89. The quantitative estimate of drug-likeness (QED) is 0.358. The van der Waals surface area contributed by atoms with Gasteiger partial charge in [-0.3, -0.25) is 0 Å². The normalized spacial score (nSPS) is 12.9. The average molecular weight is 217 g/mol. The Morgan fingerprint density at radius 2 is 1.31 bits per heavy atom. The van der Waals surface area contributed by atoms with E-state index < -0.39 is 0 Å². The SMILES string of the molecule is [CH2]CC/C=C/C=C/C=C/C=C/CCCCC. The first-order chi connectivity index (χ1) is 7.91. The molecular formula is C16H25. The van der Waals surface area contributed by atoms with Gasteiger partial charge in [-0.1, -0.05) is 75.3 Å². The predicted octanol–water partition coefficient (Wildman–Crippen LogP) is 5.41. The van der Waals surface area contributed by atoms with Crippen LogP contribution in [0.25, 0.3) is 0 Å². The highest BCUT2D eigenvalue weighted by Gasteiger charge is 1.79. The largest absolute Gasteiger partial charge is 0.0845 e. The number of hydrogen-bond acceptors (Lipinski definition) is 0. The molecule has 0 nitrogen and oxygen atoms in total. The van der Waals surface area contributed by atoms with E-state index in [4.69, 9.17) is 0 Å². The van der Waals surface area contributed by atoms with E-state index >= 15 is 0 Å². The molecule has 0 N–H and O–H groups in total. The average Bonchev–Trinajstić information content (AvgIpc) is 2.31. The molecule has 0 spiro atoms. The van der Waals surface area contributed by atoms with E-state index in [9.17, 15) is 0 Å². The third-order valence-corrected chi connectivity index (χ3v) is 2.17. The molecule has 0 atom stereocenters. The molecule has 0 unspecified atom stereocenters. The molecule has 0 aliphatic heterocycles. The van der Waals surface area contributed by atoms with Gasteiger partial charge in [0.1, 0.15) is 0 Å². The van der Waals surface area contributed by atoms with Crippen LogP contribution in [0.3, 0.4) is 0 Å². The topological polar surface area (TPSA) is 0 Å². The van der Waals surface area contributed by atoms with Crippen LogP contribution in [0.15, 0.2) is 48.6 Å². The molecule has 0 amide bonds. The maximum Gasteiger partial charge on any atom is -0.0348 e. The maximum atomic E-state index is 3.78. The van der Waals surface area contributed by atoms with Crippen molar-refractivity contribution < 1.29 is 0 Å². The van der Waals surface area contributed by atoms with Crippen molar-refractivity contribution in [3.63, 3.8) is 0 Å². The molecule has 16 heavy (non-hydrogen) atoms. The van der Waals surface area contributed by atoms with Gasteiger partial charge in [0.2, 0.25) is 0 Å². The third kappa shape index (κ3) is 13.0. The minimum absolute atomic E-state index is 0.973. The van der Waals surface area contributed by atoms with Crippen molar-refractivity contribution >= 4 is 0 Å². The Kier molecular flexibility index (Phi) is 13.1. The Morgan fingerprint density at radius 3 is 1.88 bits per heavy atom. The number of hydrogen-bond donors (Lipinski definition) is 0. The van der Waals surface area contributed by atoms with Gasteiger partial charge >= 0.3 is 0 Å². The van der Waals surface area contributed by atoms with Crippen LogP contribution in [0, 0.1) is 6.92 Å². The molecule has 0 bridgehead atoms. The summed E-state index contributed by atoms with van der Waals surface area (Å²) < 4.78 is 0. The van der Waals surface area contributed by atoms with Gasteiger partial charge in [0.15, 0.2) is 0 Å². The van der Waals surface area contributed by atoms with E-state index in [0.717, 1.165) is 12.8 Å². The summed E-state index contributed by atoms with van der Waals surface area (Å²) in [4.78, 5) is 0. The van der Waals surface area contributed by atoms with Gasteiger partial charge in [0.05, 0.1) is 0 Å². The first-order valence-electron chi connectivity index (χ1n) is 6.36. The summed E-state index contributed by atoms with van der Waals surface area (Å²) in [5.41, 5.74) is 0. The fraction of sp³-hybridized carbons (Fsp3) is 0.438. The first kappa shape index (κ1) is 15.0. The van der Waals surface area contributed by atoms with Crippen molar-refractivity contribution in [2.75, 3.05) is 0 Å². The summed E-state index contributed by atoms with van der Waals surface area (Å²) in [6.45, 7) is 6.01. The summed E-state index contributed by atoms with van der Waals surface area (Å²) in [7, 11) is 0. The second-order valence-electron chi connectivity index (χ2n) is 3.76. The number of rotatable bonds is 9.